The zero-order valence-electron chi connectivity index (χ0n) is 21.9. The Morgan fingerprint density at radius 3 is 1.12 bits per heavy atom. The van der Waals surface area contributed by atoms with Gasteiger partial charge in [-0.25, -0.2) is 14.4 Å². The summed E-state index contributed by atoms with van der Waals surface area (Å²) in [5.74, 6) is -2.56. The van der Waals surface area contributed by atoms with Gasteiger partial charge < -0.3 is 38.3 Å². The molecule has 0 fully saturated rings. The van der Waals surface area contributed by atoms with Crippen molar-refractivity contribution in [2.24, 2.45) is 5.41 Å². The maximum atomic E-state index is 11.2. The van der Waals surface area contributed by atoms with Crippen LogP contribution in [0.3, 0.4) is 0 Å². The third-order valence-electron chi connectivity index (χ3n) is 4.63. The van der Waals surface area contributed by atoms with E-state index in [2.05, 4.69) is 19.7 Å². The Kier molecular flexibility index (Phi) is 28.5. The van der Waals surface area contributed by atoms with Gasteiger partial charge in [-0.05, 0) is 0 Å². The summed E-state index contributed by atoms with van der Waals surface area (Å²) in [5.41, 5.74) is -0.800. The van der Waals surface area contributed by atoms with E-state index < -0.39 is 29.3 Å². The minimum Gasteiger partial charge on any atom is -0.481 e. The molecule has 0 rings (SSSR count). The highest BCUT2D eigenvalue weighted by atomic mass is 16.5. The van der Waals surface area contributed by atoms with E-state index in [-0.39, 0.29) is 93.9 Å². The van der Waals surface area contributed by atoms with Gasteiger partial charge in [-0.1, -0.05) is 34.6 Å². The predicted octanol–water partition coefficient (Wildman–Crippen LogP) is 3.14. The summed E-state index contributed by atoms with van der Waals surface area (Å²) in [7, 11) is 0. The first kappa shape index (κ1) is 41.4. The van der Waals surface area contributed by atoms with E-state index in [0.717, 1.165) is 18.2 Å². The second kappa shape index (κ2) is 27.5. The molecular formula is C28H48O12. The van der Waals surface area contributed by atoms with Crippen LogP contribution in [-0.4, -0.2) is 102 Å². The average molecular weight is 577 g/mol. The number of hydrogen-bond donors (Lipinski definition) is 1. The largest absolute Gasteiger partial charge is 0.481 e. The van der Waals surface area contributed by atoms with Crippen LogP contribution in [0.25, 0.3) is 0 Å². The van der Waals surface area contributed by atoms with Gasteiger partial charge in [-0.2, -0.15) is 0 Å². The smallest absolute Gasteiger partial charge is 0.330 e. The first-order valence-corrected chi connectivity index (χ1v) is 12.2. The molecule has 1 N–H and O–H groups in total. The maximum absolute atomic E-state index is 11.2. The third kappa shape index (κ3) is 24.0. The Morgan fingerprint density at radius 2 is 0.850 bits per heavy atom. The van der Waals surface area contributed by atoms with E-state index in [9.17, 15) is 19.2 Å². The summed E-state index contributed by atoms with van der Waals surface area (Å²) >= 11 is 0. The Morgan fingerprint density at radius 1 is 0.550 bits per heavy atom. The number of ether oxygens (including phenoxy) is 7. The number of carbonyl (C=O) groups excluding carboxylic acids is 3. The van der Waals surface area contributed by atoms with E-state index in [1.165, 1.54) is 0 Å². The van der Waals surface area contributed by atoms with E-state index >= 15 is 0 Å². The lowest BCUT2D eigenvalue weighted by Gasteiger charge is -2.33. The van der Waals surface area contributed by atoms with Crippen molar-refractivity contribution >= 4 is 23.9 Å². The van der Waals surface area contributed by atoms with Gasteiger partial charge in [0.1, 0.15) is 0 Å². The minimum absolute atomic E-state index is 0. The Balaban J connectivity index is -0.00000684. The highest BCUT2D eigenvalue weighted by Crippen LogP contribution is 2.21. The van der Waals surface area contributed by atoms with Crippen molar-refractivity contribution in [1.29, 1.82) is 0 Å². The number of carboxylic acid groups (broad SMARTS) is 1. The molecule has 0 aliphatic rings. The van der Waals surface area contributed by atoms with E-state index in [4.69, 9.17) is 38.3 Å². The minimum atomic E-state index is -0.989. The van der Waals surface area contributed by atoms with Crippen LogP contribution in [0.5, 0.6) is 0 Å². The fraction of sp³-hybridized carbons (Fsp3) is 0.643. The van der Waals surface area contributed by atoms with Crippen molar-refractivity contribution in [3.8, 4) is 0 Å². The number of aliphatic carboxylic acids is 1. The van der Waals surface area contributed by atoms with E-state index in [0.29, 0.717) is 19.3 Å². The van der Waals surface area contributed by atoms with Crippen LogP contribution < -0.4 is 0 Å². The van der Waals surface area contributed by atoms with Crippen LogP contribution in [0, 0.1) is 5.41 Å². The topological polar surface area (TPSA) is 153 Å². The number of rotatable bonds is 26. The van der Waals surface area contributed by atoms with Crippen LogP contribution in [0.1, 0.15) is 40.5 Å². The van der Waals surface area contributed by atoms with Gasteiger partial charge in [0.2, 0.25) is 0 Å². The summed E-state index contributed by atoms with van der Waals surface area (Å²) < 4.78 is 37.8. The van der Waals surface area contributed by atoms with E-state index in [1.54, 1.807) is 0 Å². The highest BCUT2D eigenvalue weighted by Gasteiger charge is 2.32. The number of esters is 3. The SMILES string of the molecule is C.C.C=CC(=O)OCCCOCC(COCCCOC(=O)C=C)(COCCCOC(=O)C=C)COCCC(=O)O. The quantitative estimate of drug-likeness (QED) is 0.0696. The van der Waals surface area contributed by atoms with Crippen molar-refractivity contribution in [1.82, 2.24) is 0 Å². The summed E-state index contributed by atoms with van der Waals surface area (Å²) in [6, 6.07) is 0. The monoisotopic (exact) mass is 576 g/mol. The van der Waals surface area contributed by atoms with Gasteiger partial charge >= 0.3 is 23.9 Å². The number of carbonyl (C=O) groups is 4. The molecule has 0 unspecified atom stereocenters. The summed E-state index contributed by atoms with van der Waals surface area (Å²) in [5, 5.41) is 8.91. The summed E-state index contributed by atoms with van der Waals surface area (Å²) in [6.07, 6.45) is 4.39. The Labute approximate surface area is 238 Å². The molecule has 0 amide bonds. The fourth-order valence-corrected chi connectivity index (χ4v) is 2.74. The Hall–Kier alpha value is -3.06. The van der Waals surface area contributed by atoms with Gasteiger partial charge in [0.25, 0.3) is 0 Å². The summed E-state index contributed by atoms with van der Waals surface area (Å²) in [4.78, 5) is 44.3. The first-order chi connectivity index (χ1) is 18.3. The molecule has 0 spiro atoms. The molecule has 0 aliphatic heterocycles. The molecule has 0 saturated heterocycles. The van der Waals surface area contributed by atoms with Gasteiger partial charge in [0.15, 0.2) is 0 Å². The second-order valence-electron chi connectivity index (χ2n) is 8.03. The zero-order valence-corrected chi connectivity index (χ0v) is 21.9. The van der Waals surface area contributed by atoms with Crippen molar-refractivity contribution < 1.29 is 57.4 Å². The lowest BCUT2D eigenvalue weighted by atomic mass is 9.92. The molecular weight excluding hydrogens is 528 g/mol. The lowest BCUT2D eigenvalue weighted by Crippen LogP contribution is -2.42. The molecule has 232 valence electrons. The number of carboxylic acids is 1. The normalized spacial score (nSPS) is 10.3. The molecule has 0 heterocycles. The van der Waals surface area contributed by atoms with Crippen molar-refractivity contribution in [2.75, 3.05) is 72.7 Å². The first-order valence-electron chi connectivity index (χ1n) is 12.2. The molecule has 0 atom stereocenters. The summed E-state index contributed by atoms with van der Waals surface area (Å²) in [6.45, 7) is 11.8. The molecule has 0 saturated carbocycles. The number of hydrogen-bond acceptors (Lipinski definition) is 11. The van der Waals surface area contributed by atoms with Gasteiger partial charge in [0.05, 0.1) is 64.7 Å². The molecule has 12 heteroatoms. The van der Waals surface area contributed by atoms with E-state index in [1.807, 2.05) is 0 Å². The molecule has 40 heavy (non-hydrogen) atoms. The van der Waals surface area contributed by atoms with Gasteiger partial charge in [-0.3, -0.25) is 4.79 Å². The highest BCUT2D eigenvalue weighted by molar-refractivity contribution is 5.81. The van der Waals surface area contributed by atoms with Crippen LogP contribution in [0.15, 0.2) is 38.0 Å². The van der Waals surface area contributed by atoms with Crippen molar-refractivity contribution in [3.05, 3.63) is 38.0 Å². The predicted molar refractivity (Wildman–Crippen MR) is 149 cm³/mol. The van der Waals surface area contributed by atoms with Crippen molar-refractivity contribution in [3.63, 3.8) is 0 Å². The second-order valence-corrected chi connectivity index (χ2v) is 8.03. The molecule has 0 radical (unpaired) electrons. The standard InChI is InChI=1S/C26H40O12.2CH4/c1-4-23(29)36-14-7-11-32-18-26(21-35-17-10-22(27)28,19-33-12-8-15-37-24(30)5-2)20-34-13-9-16-38-25(31)6-3;;/h4-6H,1-3,7-21H2,(H,27,28);2*1H4. The third-order valence-corrected chi connectivity index (χ3v) is 4.63. The zero-order chi connectivity index (χ0) is 28.5. The molecule has 0 aliphatic carbocycles. The average Bonchev–Trinajstić information content (AvgIpc) is 2.91. The molecule has 0 aromatic rings. The maximum Gasteiger partial charge on any atom is 0.330 e. The molecule has 0 aromatic carbocycles. The molecule has 12 nitrogen and oxygen atoms in total. The van der Waals surface area contributed by atoms with Crippen LogP contribution >= 0.6 is 0 Å². The van der Waals surface area contributed by atoms with Gasteiger partial charge in [0, 0.05) is 57.3 Å². The van der Waals surface area contributed by atoms with Crippen molar-refractivity contribution in [2.45, 2.75) is 40.5 Å². The molecule has 0 bridgehead atoms. The van der Waals surface area contributed by atoms with Crippen LogP contribution in [0.2, 0.25) is 0 Å². The molecule has 0 aromatic heterocycles. The van der Waals surface area contributed by atoms with Crippen LogP contribution in [-0.2, 0) is 52.3 Å². The Bertz CT molecular complexity index is 656. The fourth-order valence-electron chi connectivity index (χ4n) is 2.74. The van der Waals surface area contributed by atoms with Crippen LogP contribution in [0.4, 0.5) is 0 Å². The van der Waals surface area contributed by atoms with Gasteiger partial charge in [-0.15, -0.1) is 0 Å². The lowest BCUT2D eigenvalue weighted by molar-refractivity contribution is -0.140.